The van der Waals surface area contributed by atoms with Gasteiger partial charge in [0.1, 0.15) is 18.1 Å². The minimum Gasteiger partial charge on any atom is -0.481 e. The average Bonchev–Trinajstić information content (AvgIpc) is 2.71. The summed E-state index contributed by atoms with van der Waals surface area (Å²) in [6.07, 6.45) is -0.00170. The van der Waals surface area contributed by atoms with Gasteiger partial charge in [-0.1, -0.05) is 20.3 Å². The number of carbonyl (C=O) groups is 5. The lowest BCUT2D eigenvalue weighted by Gasteiger charge is -2.25. The Morgan fingerprint density at radius 3 is 2.03 bits per heavy atom. The first-order valence-electron chi connectivity index (χ1n) is 10.0. The summed E-state index contributed by atoms with van der Waals surface area (Å²) < 4.78 is 0. The topological polar surface area (TPSA) is 252 Å². The van der Waals surface area contributed by atoms with Crippen molar-refractivity contribution in [2.45, 2.75) is 57.7 Å². The summed E-state index contributed by atoms with van der Waals surface area (Å²) in [6, 6.07) is -3.98. The van der Waals surface area contributed by atoms with Crippen LogP contribution >= 0.6 is 0 Å². The molecule has 182 valence electrons. The molecule has 14 nitrogen and oxygen atoms in total. The molecule has 0 aliphatic rings. The second-order valence-corrected chi connectivity index (χ2v) is 7.14. The van der Waals surface area contributed by atoms with Gasteiger partial charge in [0.15, 0.2) is 5.96 Å². The molecule has 0 aromatic rings. The van der Waals surface area contributed by atoms with Gasteiger partial charge in [-0.25, -0.2) is 4.79 Å². The molecule has 0 bridgehead atoms. The Hall–Kier alpha value is -3.42. The summed E-state index contributed by atoms with van der Waals surface area (Å²) in [4.78, 5) is 63.4. The molecule has 3 amide bonds. The first kappa shape index (κ1) is 28.6. The van der Waals surface area contributed by atoms with Crippen molar-refractivity contribution in [2.75, 3.05) is 13.1 Å². The molecule has 0 aromatic carbocycles. The molecule has 0 saturated heterocycles. The lowest BCUT2D eigenvalue weighted by Crippen LogP contribution is -2.57. The number of rotatable bonds is 15. The summed E-state index contributed by atoms with van der Waals surface area (Å²) in [5, 5.41) is 25.4. The fourth-order valence-corrected chi connectivity index (χ4v) is 2.62. The highest BCUT2D eigenvalue weighted by Gasteiger charge is 2.32. The van der Waals surface area contributed by atoms with Crippen molar-refractivity contribution in [3.63, 3.8) is 0 Å². The first-order valence-corrected chi connectivity index (χ1v) is 10.0. The van der Waals surface area contributed by atoms with Gasteiger partial charge in [0, 0.05) is 6.54 Å². The molecule has 0 fully saturated rings. The molecule has 0 aliphatic carbocycles. The van der Waals surface area contributed by atoms with Crippen LogP contribution in [0.5, 0.6) is 0 Å². The third-order valence-electron chi connectivity index (χ3n) is 4.57. The van der Waals surface area contributed by atoms with E-state index in [4.69, 9.17) is 22.3 Å². The summed E-state index contributed by atoms with van der Waals surface area (Å²) in [6.45, 7) is 3.11. The number of amides is 3. The summed E-state index contributed by atoms with van der Waals surface area (Å²) in [5.41, 5.74) is 15.7. The van der Waals surface area contributed by atoms with Crippen molar-refractivity contribution in [3.8, 4) is 0 Å². The van der Waals surface area contributed by atoms with E-state index < -0.39 is 66.7 Å². The smallest absolute Gasteiger partial charge is 0.326 e. The maximum Gasteiger partial charge on any atom is 0.326 e. The second-order valence-electron chi connectivity index (χ2n) is 7.14. The first-order chi connectivity index (χ1) is 14.9. The number of nitrogens with one attached hydrogen (secondary N) is 3. The third-order valence-corrected chi connectivity index (χ3v) is 4.57. The molecule has 0 saturated carbocycles. The van der Waals surface area contributed by atoms with E-state index in [0.717, 1.165) is 0 Å². The van der Waals surface area contributed by atoms with E-state index in [9.17, 15) is 29.1 Å². The number of nitrogens with zero attached hydrogens (tertiary/aromatic N) is 1. The highest BCUT2D eigenvalue weighted by Crippen LogP contribution is 2.09. The summed E-state index contributed by atoms with van der Waals surface area (Å²) in [5.74, 6) is -5.73. The number of carbonyl (C=O) groups excluding carboxylic acids is 3. The monoisotopic (exact) mass is 459 g/mol. The largest absolute Gasteiger partial charge is 0.481 e. The molecule has 0 aromatic heterocycles. The zero-order valence-electron chi connectivity index (χ0n) is 18.2. The number of hydrogen-bond donors (Lipinski definition) is 8. The van der Waals surface area contributed by atoms with Crippen LogP contribution in [0.2, 0.25) is 0 Å². The number of guanidine groups is 1. The van der Waals surface area contributed by atoms with Gasteiger partial charge in [0.25, 0.3) is 0 Å². The van der Waals surface area contributed by atoms with E-state index in [0.29, 0.717) is 6.42 Å². The normalized spacial score (nSPS) is 14.2. The summed E-state index contributed by atoms with van der Waals surface area (Å²) >= 11 is 0. The van der Waals surface area contributed by atoms with Crippen molar-refractivity contribution in [1.29, 1.82) is 0 Å². The number of nitrogens with two attached hydrogens (primary N) is 3. The second kappa shape index (κ2) is 14.6. The number of hydrogen-bond acceptors (Lipinski definition) is 7. The van der Waals surface area contributed by atoms with Gasteiger partial charge in [-0.3, -0.25) is 24.2 Å². The minimum atomic E-state index is -1.57. The number of carboxylic acids is 2. The van der Waals surface area contributed by atoms with E-state index >= 15 is 0 Å². The predicted octanol–water partition coefficient (Wildman–Crippen LogP) is -2.94. The van der Waals surface area contributed by atoms with E-state index in [1.165, 1.54) is 0 Å². The molecule has 32 heavy (non-hydrogen) atoms. The Morgan fingerprint density at radius 2 is 1.56 bits per heavy atom. The van der Waals surface area contributed by atoms with Crippen LogP contribution in [0.25, 0.3) is 0 Å². The molecule has 0 heterocycles. The Labute approximate surface area is 185 Å². The van der Waals surface area contributed by atoms with E-state index in [-0.39, 0.29) is 25.3 Å². The van der Waals surface area contributed by atoms with Gasteiger partial charge in [0.05, 0.1) is 13.0 Å². The van der Waals surface area contributed by atoms with Gasteiger partial charge >= 0.3 is 11.9 Å². The van der Waals surface area contributed by atoms with E-state index in [1.807, 2.05) is 0 Å². The van der Waals surface area contributed by atoms with Crippen LogP contribution in [-0.2, 0) is 24.0 Å². The highest BCUT2D eigenvalue weighted by molar-refractivity contribution is 5.95. The molecule has 0 aliphatic heterocycles. The van der Waals surface area contributed by atoms with Crippen LogP contribution in [0.15, 0.2) is 4.99 Å². The number of aliphatic imine (C=N–C) groups is 1. The van der Waals surface area contributed by atoms with Crippen LogP contribution in [0.3, 0.4) is 0 Å². The minimum absolute atomic E-state index is 0.0698. The maximum atomic E-state index is 12.7. The molecular formula is C18H33N7O7. The Bertz CT molecular complexity index is 710. The van der Waals surface area contributed by atoms with Crippen LogP contribution in [0.1, 0.15) is 39.5 Å². The van der Waals surface area contributed by atoms with Crippen molar-refractivity contribution >= 4 is 35.6 Å². The molecule has 14 heteroatoms. The van der Waals surface area contributed by atoms with Gasteiger partial charge in [-0.15, -0.1) is 0 Å². The number of aliphatic carboxylic acids is 2. The lowest BCUT2D eigenvalue weighted by atomic mass is 9.98. The molecular weight excluding hydrogens is 426 g/mol. The molecule has 0 rings (SSSR count). The Kier molecular flexibility index (Phi) is 13.0. The third kappa shape index (κ3) is 11.1. The molecule has 11 N–H and O–H groups in total. The van der Waals surface area contributed by atoms with Crippen LogP contribution in [0.4, 0.5) is 0 Å². The SMILES string of the molecule is CCC(C)C(NC(=O)C(CC(=O)O)NC(=O)C(CCCN=C(N)N)NC(=O)CN)C(=O)O. The lowest BCUT2D eigenvalue weighted by molar-refractivity contribution is -0.144. The highest BCUT2D eigenvalue weighted by atomic mass is 16.4. The van der Waals surface area contributed by atoms with Gasteiger partial charge in [0.2, 0.25) is 17.7 Å². The number of carboxylic acid groups (broad SMARTS) is 2. The van der Waals surface area contributed by atoms with Crippen molar-refractivity contribution < 1.29 is 34.2 Å². The van der Waals surface area contributed by atoms with Crippen molar-refractivity contribution in [2.24, 2.45) is 28.1 Å². The zero-order chi connectivity index (χ0) is 24.8. The fourth-order valence-electron chi connectivity index (χ4n) is 2.62. The van der Waals surface area contributed by atoms with E-state index in [2.05, 4.69) is 20.9 Å². The van der Waals surface area contributed by atoms with Crippen molar-refractivity contribution in [3.05, 3.63) is 0 Å². The van der Waals surface area contributed by atoms with Crippen molar-refractivity contribution in [1.82, 2.24) is 16.0 Å². The maximum absolute atomic E-state index is 12.7. The van der Waals surface area contributed by atoms with Gasteiger partial charge < -0.3 is 43.4 Å². The molecule has 0 radical (unpaired) electrons. The predicted molar refractivity (Wildman–Crippen MR) is 114 cm³/mol. The molecule has 4 atom stereocenters. The van der Waals surface area contributed by atoms with Crippen LogP contribution in [0, 0.1) is 5.92 Å². The van der Waals surface area contributed by atoms with Gasteiger partial charge in [-0.05, 0) is 18.8 Å². The fraction of sp³-hybridized carbons (Fsp3) is 0.667. The quantitative estimate of drug-likeness (QED) is 0.0702. The average molecular weight is 460 g/mol. The Morgan fingerprint density at radius 1 is 0.969 bits per heavy atom. The summed E-state index contributed by atoms with van der Waals surface area (Å²) in [7, 11) is 0. The Balaban J connectivity index is 5.45. The standard InChI is InChI=1S/C18H33N7O7/c1-3-9(2)14(17(31)32)25-16(30)11(7-13(27)28)24-15(29)10(23-12(26)8-19)5-4-6-22-18(20)21/h9-11,14H,3-8,19H2,1-2H3,(H,23,26)(H,24,29)(H,25,30)(H,27,28)(H,31,32)(H4,20,21,22). The molecule has 4 unspecified atom stereocenters. The van der Waals surface area contributed by atoms with Gasteiger partial charge in [-0.2, -0.15) is 0 Å². The molecule has 0 spiro atoms. The van der Waals surface area contributed by atoms with Crippen LogP contribution < -0.4 is 33.2 Å². The van der Waals surface area contributed by atoms with Crippen LogP contribution in [-0.4, -0.2) is 77.0 Å². The zero-order valence-corrected chi connectivity index (χ0v) is 18.2. The van der Waals surface area contributed by atoms with E-state index in [1.54, 1.807) is 13.8 Å².